The van der Waals surface area contributed by atoms with Crippen molar-refractivity contribution in [2.45, 2.75) is 6.54 Å². The second-order valence-electron chi connectivity index (χ2n) is 3.03. The molecule has 1 aromatic rings. The highest BCUT2D eigenvalue weighted by molar-refractivity contribution is 6.31. The fourth-order valence-corrected chi connectivity index (χ4v) is 1.35. The average Bonchev–Trinajstić information content (AvgIpc) is 2.12. The molecule has 1 aromatic carbocycles. The smallest absolute Gasteiger partial charge is 0.129 e. The molecule has 0 N–H and O–H groups in total. The number of hydrogen-bond acceptors (Lipinski definition) is 2. The van der Waals surface area contributed by atoms with Gasteiger partial charge in [0.05, 0.1) is 12.6 Å². The first-order valence-electron chi connectivity index (χ1n) is 4.13. The molecule has 2 nitrogen and oxygen atoms in total. The lowest BCUT2D eigenvalue weighted by Crippen LogP contribution is -2.18. The summed E-state index contributed by atoms with van der Waals surface area (Å²) in [6, 6.07) is 6.55. The van der Waals surface area contributed by atoms with Crippen molar-refractivity contribution in [1.29, 1.82) is 5.26 Å². The second kappa shape index (κ2) is 4.94. The molecule has 4 heteroatoms. The molecule has 0 aromatic heterocycles. The normalized spacial score (nSPS) is 10.2. The van der Waals surface area contributed by atoms with Gasteiger partial charge in [-0.15, -0.1) is 0 Å². The lowest BCUT2D eigenvalue weighted by molar-refractivity contribution is 0.360. The first-order chi connectivity index (χ1) is 6.65. The molecule has 0 radical (unpaired) electrons. The molecule has 0 aliphatic rings. The Kier molecular flexibility index (Phi) is 3.87. The van der Waals surface area contributed by atoms with Crippen LogP contribution in [0.15, 0.2) is 18.2 Å². The molecule has 74 valence electrons. The van der Waals surface area contributed by atoms with Gasteiger partial charge in [0, 0.05) is 17.1 Å². The molecular weight excluding hydrogens is 203 g/mol. The molecule has 0 saturated carbocycles. The van der Waals surface area contributed by atoms with Crippen LogP contribution in [-0.4, -0.2) is 18.5 Å². The molecule has 0 fully saturated rings. The lowest BCUT2D eigenvalue weighted by atomic mass is 10.2. The van der Waals surface area contributed by atoms with E-state index in [1.165, 1.54) is 6.07 Å². The van der Waals surface area contributed by atoms with E-state index < -0.39 is 0 Å². The minimum Gasteiger partial charge on any atom is -0.289 e. The maximum Gasteiger partial charge on any atom is 0.129 e. The number of benzene rings is 1. The Balaban J connectivity index is 2.81. The predicted molar refractivity (Wildman–Crippen MR) is 53.4 cm³/mol. The summed E-state index contributed by atoms with van der Waals surface area (Å²) in [6.45, 7) is 0.601. The number of nitrogens with zero attached hydrogens (tertiary/aromatic N) is 2. The third kappa shape index (κ3) is 2.69. The number of rotatable bonds is 3. The third-order valence-electron chi connectivity index (χ3n) is 1.83. The fourth-order valence-electron chi connectivity index (χ4n) is 1.13. The van der Waals surface area contributed by atoms with E-state index in [2.05, 4.69) is 0 Å². The van der Waals surface area contributed by atoms with Crippen LogP contribution >= 0.6 is 11.6 Å². The Morgan fingerprint density at radius 2 is 2.29 bits per heavy atom. The summed E-state index contributed by atoms with van der Waals surface area (Å²) in [5, 5.41) is 8.83. The predicted octanol–water partition coefficient (Wildman–Crippen LogP) is 2.43. The second-order valence-corrected chi connectivity index (χ2v) is 3.44. The average molecular weight is 213 g/mol. The van der Waals surface area contributed by atoms with Gasteiger partial charge in [0.25, 0.3) is 0 Å². The van der Waals surface area contributed by atoms with Crippen LogP contribution < -0.4 is 0 Å². The molecule has 14 heavy (non-hydrogen) atoms. The van der Waals surface area contributed by atoms with Crippen molar-refractivity contribution in [1.82, 2.24) is 4.90 Å². The summed E-state index contributed by atoms with van der Waals surface area (Å²) in [7, 11) is 1.74. The van der Waals surface area contributed by atoms with Crippen LogP contribution in [0.2, 0.25) is 5.02 Å². The standard InChI is InChI=1S/C10H10ClFN2/c1-14(6-5-13)7-8-9(11)3-2-4-10(8)12/h2-4H,6-7H2,1H3. The molecule has 0 unspecified atom stereocenters. The van der Waals surface area contributed by atoms with Crippen LogP contribution in [0.1, 0.15) is 5.56 Å². The molecule has 0 aliphatic heterocycles. The van der Waals surface area contributed by atoms with Gasteiger partial charge in [-0.05, 0) is 19.2 Å². The molecule has 0 spiro atoms. The first kappa shape index (κ1) is 11.0. The maximum atomic E-state index is 13.3. The number of nitriles is 1. The van der Waals surface area contributed by atoms with Crippen molar-refractivity contribution in [2.75, 3.05) is 13.6 Å². The molecule has 0 heterocycles. The van der Waals surface area contributed by atoms with E-state index in [1.807, 2.05) is 6.07 Å². The molecule has 0 amide bonds. The SMILES string of the molecule is CN(CC#N)Cc1c(F)cccc1Cl. The number of hydrogen-bond donors (Lipinski definition) is 0. The van der Waals surface area contributed by atoms with E-state index in [1.54, 1.807) is 24.1 Å². The molecule has 0 atom stereocenters. The van der Waals surface area contributed by atoms with Crippen molar-refractivity contribution in [3.8, 4) is 6.07 Å². The van der Waals surface area contributed by atoms with Gasteiger partial charge < -0.3 is 0 Å². The highest BCUT2D eigenvalue weighted by Crippen LogP contribution is 2.19. The highest BCUT2D eigenvalue weighted by Gasteiger charge is 2.08. The third-order valence-corrected chi connectivity index (χ3v) is 2.18. The highest BCUT2D eigenvalue weighted by atomic mass is 35.5. The topological polar surface area (TPSA) is 27.0 Å². The molecular formula is C10H10ClFN2. The van der Waals surface area contributed by atoms with Gasteiger partial charge in [0.1, 0.15) is 5.82 Å². The minimum atomic E-state index is -0.331. The summed E-state index contributed by atoms with van der Waals surface area (Å²) in [4.78, 5) is 1.70. The van der Waals surface area contributed by atoms with Crippen LogP contribution in [-0.2, 0) is 6.54 Å². The van der Waals surface area contributed by atoms with Crippen LogP contribution in [0.4, 0.5) is 4.39 Å². The van der Waals surface area contributed by atoms with Crippen molar-refractivity contribution >= 4 is 11.6 Å². The van der Waals surface area contributed by atoms with E-state index in [9.17, 15) is 4.39 Å². The van der Waals surface area contributed by atoms with Crippen molar-refractivity contribution in [3.05, 3.63) is 34.6 Å². The Morgan fingerprint density at radius 1 is 1.57 bits per heavy atom. The zero-order valence-corrected chi connectivity index (χ0v) is 8.55. The van der Waals surface area contributed by atoms with E-state index in [0.29, 0.717) is 17.1 Å². The monoisotopic (exact) mass is 212 g/mol. The summed E-state index contributed by atoms with van der Waals surface area (Å²) in [5.74, 6) is -0.331. The van der Waals surface area contributed by atoms with Crippen LogP contribution in [0.5, 0.6) is 0 Å². The van der Waals surface area contributed by atoms with Gasteiger partial charge in [-0.25, -0.2) is 4.39 Å². The van der Waals surface area contributed by atoms with Gasteiger partial charge >= 0.3 is 0 Å². The van der Waals surface area contributed by atoms with Crippen LogP contribution in [0.3, 0.4) is 0 Å². The van der Waals surface area contributed by atoms with Gasteiger partial charge in [-0.3, -0.25) is 4.90 Å². The Labute approximate surface area is 87.5 Å². The van der Waals surface area contributed by atoms with Crippen LogP contribution in [0.25, 0.3) is 0 Å². The summed E-state index contributed by atoms with van der Waals surface area (Å²) in [5.41, 5.74) is 0.437. The zero-order valence-electron chi connectivity index (χ0n) is 7.80. The molecule has 0 bridgehead atoms. The lowest BCUT2D eigenvalue weighted by Gasteiger charge is -2.13. The van der Waals surface area contributed by atoms with Crippen molar-refractivity contribution in [2.24, 2.45) is 0 Å². The maximum absolute atomic E-state index is 13.3. The van der Waals surface area contributed by atoms with E-state index in [-0.39, 0.29) is 12.4 Å². The molecule has 0 saturated heterocycles. The Morgan fingerprint density at radius 3 is 2.86 bits per heavy atom. The quantitative estimate of drug-likeness (QED) is 0.720. The zero-order chi connectivity index (χ0) is 10.6. The summed E-state index contributed by atoms with van der Waals surface area (Å²) >= 11 is 5.82. The van der Waals surface area contributed by atoms with Gasteiger partial charge in [-0.2, -0.15) is 5.26 Å². The van der Waals surface area contributed by atoms with Gasteiger partial charge in [-0.1, -0.05) is 17.7 Å². The minimum absolute atomic E-state index is 0.255. The van der Waals surface area contributed by atoms with E-state index in [4.69, 9.17) is 16.9 Å². The Bertz CT molecular complexity index is 339. The van der Waals surface area contributed by atoms with Gasteiger partial charge in [0.2, 0.25) is 0 Å². The fraction of sp³-hybridized carbons (Fsp3) is 0.300. The summed E-state index contributed by atoms with van der Waals surface area (Å²) < 4.78 is 13.3. The Hall–Kier alpha value is -1.11. The van der Waals surface area contributed by atoms with Crippen LogP contribution in [0, 0.1) is 17.1 Å². The number of halogens is 2. The van der Waals surface area contributed by atoms with Crippen molar-refractivity contribution < 1.29 is 4.39 Å². The molecule has 1 rings (SSSR count). The van der Waals surface area contributed by atoms with Gasteiger partial charge in [0.15, 0.2) is 0 Å². The van der Waals surface area contributed by atoms with E-state index in [0.717, 1.165) is 0 Å². The first-order valence-corrected chi connectivity index (χ1v) is 4.51. The molecule has 0 aliphatic carbocycles. The summed E-state index contributed by atoms with van der Waals surface area (Å²) in [6.07, 6.45) is 0. The van der Waals surface area contributed by atoms with E-state index >= 15 is 0 Å². The largest absolute Gasteiger partial charge is 0.289 e. The van der Waals surface area contributed by atoms with Crippen molar-refractivity contribution in [3.63, 3.8) is 0 Å².